The molecule has 3 rings (SSSR count). The number of aromatic carboxylic acids is 1. The van der Waals surface area contributed by atoms with Crippen molar-refractivity contribution in [3.63, 3.8) is 0 Å². The van der Waals surface area contributed by atoms with Crippen LogP contribution in [-0.4, -0.2) is 52.7 Å². The lowest BCUT2D eigenvalue weighted by atomic mass is 9.85. The molecular formula is C16H19BIN3O4. The van der Waals surface area contributed by atoms with Gasteiger partial charge in [0.15, 0.2) is 0 Å². The molecule has 9 heteroatoms. The molecule has 1 saturated heterocycles. The molecule has 2 aliphatic rings. The fourth-order valence-electron chi connectivity index (χ4n) is 3.01. The first-order valence-electron chi connectivity index (χ1n) is 8.02. The van der Waals surface area contributed by atoms with E-state index in [4.69, 9.17) is 20.5 Å². The topological polar surface area (TPSA) is 109 Å². The fourth-order valence-corrected chi connectivity index (χ4v) is 3.57. The maximum absolute atomic E-state index is 11.8. The fraction of sp³-hybridized carbons (Fsp3) is 0.375. The molecule has 0 aromatic heterocycles. The first-order chi connectivity index (χ1) is 12.0. The van der Waals surface area contributed by atoms with Gasteiger partial charge in [0.25, 0.3) is 0 Å². The Hall–Kier alpha value is -1.75. The lowest BCUT2D eigenvalue weighted by Gasteiger charge is -2.39. The average molecular weight is 455 g/mol. The lowest BCUT2D eigenvalue weighted by molar-refractivity contribution is 0.0259. The summed E-state index contributed by atoms with van der Waals surface area (Å²) in [5, 5.41) is 16.9. The second kappa shape index (κ2) is 7.65. The van der Waals surface area contributed by atoms with Crippen molar-refractivity contribution in [2.24, 2.45) is 5.73 Å². The van der Waals surface area contributed by atoms with Crippen LogP contribution in [0.25, 0.3) is 0 Å². The van der Waals surface area contributed by atoms with Crippen LogP contribution in [0, 0.1) is 5.41 Å². The molecule has 0 unspecified atom stereocenters. The summed E-state index contributed by atoms with van der Waals surface area (Å²) < 4.78 is 11.7. The molecular weight excluding hydrogens is 436 g/mol. The Morgan fingerprint density at radius 3 is 2.96 bits per heavy atom. The summed E-state index contributed by atoms with van der Waals surface area (Å²) >= 11 is 2.17. The van der Waals surface area contributed by atoms with Gasteiger partial charge in [0.2, 0.25) is 0 Å². The SMILES string of the molecule is N=C/C(=C\N)CN1CC(Oc2ccc3c(c2C(=O)O)OB(I)CC3)C1. The Labute approximate surface area is 159 Å². The smallest absolute Gasteiger partial charge is 0.429 e. The molecule has 0 atom stereocenters. The van der Waals surface area contributed by atoms with E-state index >= 15 is 0 Å². The zero-order valence-corrected chi connectivity index (χ0v) is 15.7. The van der Waals surface area contributed by atoms with Crippen LogP contribution >= 0.6 is 22.4 Å². The van der Waals surface area contributed by atoms with Crippen molar-refractivity contribution in [2.75, 3.05) is 19.6 Å². The van der Waals surface area contributed by atoms with E-state index < -0.39 is 5.97 Å². The Morgan fingerprint density at radius 1 is 1.56 bits per heavy atom. The van der Waals surface area contributed by atoms with Crippen molar-refractivity contribution in [3.8, 4) is 11.5 Å². The average Bonchev–Trinajstić information content (AvgIpc) is 2.55. The van der Waals surface area contributed by atoms with Crippen LogP contribution in [0.4, 0.5) is 0 Å². The maximum atomic E-state index is 11.8. The monoisotopic (exact) mass is 455 g/mol. The molecule has 132 valence electrons. The number of benzene rings is 1. The number of fused-ring (bicyclic) bond motifs is 1. The Morgan fingerprint density at radius 2 is 2.32 bits per heavy atom. The van der Waals surface area contributed by atoms with E-state index in [0.717, 1.165) is 23.9 Å². The summed E-state index contributed by atoms with van der Waals surface area (Å²) in [7, 11) is 0. The number of ether oxygens (including phenoxy) is 1. The molecule has 2 aliphatic heterocycles. The second-order valence-electron chi connectivity index (χ2n) is 6.12. The molecule has 1 aromatic rings. The van der Waals surface area contributed by atoms with E-state index in [-0.39, 0.29) is 16.4 Å². The van der Waals surface area contributed by atoms with E-state index in [1.54, 1.807) is 6.07 Å². The molecule has 0 amide bonds. The molecule has 0 saturated carbocycles. The van der Waals surface area contributed by atoms with Crippen molar-refractivity contribution in [2.45, 2.75) is 18.8 Å². The minimum absolute atomic E-state index is 0.0276. The van der Waals surface area contributed by atoms with Gasteiger partial charge in [-0.1, -0.05) is 28.4 Å². The van der Waals surface area contributed by atoms with Gasteiger partial charge in [-0.05, 0) is 36.1 Å². The number of carboxylic acids is 1. The lowest BCUT2D eigenvalue weighted by Crippen LogP contribution is -2.54. The molecule has 0 bridgehead atoms. The van der Waals surface area contributed by atoms with Crippen LogP contribution in [0.1, 0.15) is 15.9 Å². The Kier molecular flexibility index (Phi) is 5.53. The van der Waals surface area contributed by atoms with E-state index in [1.807, 2.05) is 6.07 Å². The highest BCUT2D eigenvalue weighted by atomic mass is 127. The van der Waals surface area contributed by atoms with E-state index in [0.29, 0.717) is 31.1 Å². The third-order valence-corrected chi connectivity index (χ3v) is 5.20. The van der Waals surface area contributed by atoms with Crippen LogP contribution in [-0.2, 0) is 6.42 Å². The number of carbonyl (C=O) groups is 1. The van der Waals surface area contributed by atoms with Crippen LogP contribution in [0.2, 0.25) is 6.32 Å². The summed E-state index contributed by atoms with van der Waals surface area (Å²) in [4.78, 5) is 13.8. The standard InChI is InChI=1S/C16H19BIN3O4/c18-17-4-3-11-1-2-13(14(16(22)23)15(11)25-17)24-12-8-21(9-12)7-10(5-19)6-20/h1-2,5-6,12,19H,3-4,7-9,20H2,(H,22,23)/b10-6+,19-5?. The van der Waals surface area contributed by atoms with Crippen molar-refractivity contribution >= 4 is 39.3 Å². The summed E-state index contributed by atoms with van der Waals surface area (Å²) in [5.41, 5.74) is 7.21. The number of nitrogens with two attached hydrogens (primary N) is 1. The number of aryl methyl sites for hydroxylation is 1. The van der Waals surface area contributed by atoms with Crippen molar-refractivity contribution in [3.05, 3.63) is 35.0 Å². The van der Waals surface area contributed by atoms with Crippen molar-refractivity contribution in [1.82, 2.24) is 4.90 Å². The van der Waals surface area contributed by atoms with Crippen LogP contribution in [0.15, 0.2) is 23.9 Å². The minimum Gasteiger partial charge on any atom is -0.550 e. The Balaban J connectivity index is 1.71. The molecule has 4 N–H and O–H groups in total. The molecule has 1 fully saturated rings. The number of likely N-dealkylation sites (tertiary alicyclic amines) is 1. The number of hydrogen-bond donors (Lipinski definition) is 3. The summed E-state index contributed by atoms with van der Waals surface area (Å²) in [6.07, 6.45) is 4.25. The van der Waals surface area contributed by atoms with Crippen LogP contribution < -0.4 is 15.1 Å². The predicted molar refractivity (Wildman–Crippen MR) is 104 cm³/mol. The predicted octanol–water partition coefficient (Wildman–Crippen LogP) is 1.80. The van der Waals surface area contributed by atoms with Gasteiger partial charge in [0, 0.05) is 25.8 Å². The van der Waals surface area contributed by atoms with Gasteiger partial charge >= 0.3 is 10.7 Å². The zero-order valence-electron chi connectivity index (χ0n) is 13.6. The highest BCUT2D eigenvalue weighted by molar-refractivity contribution is 14.1. The maximum Gasteiger partial charge on any atom is 0.429 e. The highest BCUT2D eigenvalue weighted by Crippen LogP contribution is 2.38. The number of carboxylic acid groups (broad SMARTS) is 1. The molecule has 25 heavy (non-hydrogen) atoms. The first kappa shape index (κ1) is 18.1. The molecule has 1 aromatic carbocycles. The highest BCUT2D eigenvalue weighted by Gasteiger charge is 2.33. The summed E-state index contributed by atoms with van der Waals surface area (Å²) in [6, 6.07) is 3.62. The number of rotatable bonds is 6. The largest absolute Gasteiger partial charge is 0.550 e. The number of hydrogen-bond acceptors (Lipinski definition) is 6. The van der Waals surface area contributed by atoms with Crippen molar-refractivity contribution < 1.29 is 19.3 Å². The molecule has 0 aliphatic carbocycles. The van der Waals surface area contributed by atoms with Gasteiger partial charge in [0.05, 0.1) is 0 Å². The third-order valence-electron chi connectivity index (χ3n) is 4.32. The van der Waals surface area contributed by atoms with Gasteiger partial charge in [0.1, 0.15) is 23.2 Å². The number of nitrogens with one attached hydrogen (secondary N) is 1. The zero-order chi connectivity index (χ0) is 18.0. The summed E-state index contributed by atoms with van der Waals surface area (Å²) in [5.74, 6) is -0.252. The van der Waals surface area contributed by atoms with Gasteiger partial charge in [-0.3, -0.25) is 4.90 Å². The van der Waals surface area contributed by atoms with Crippen LogP contribution in [0.5, 0.6) is 11.5 Å². The minimum atomic E-state index is -1.04. The molecule has 7 nitrogen and oxygen atoms in total. The van der Waals surface area contributed by atoms with Crippen LogP contribution in [0.3, 0.4) is 0 Å². The quantitative estimate of drug-likeness (QED) is 0.343. The third kappa shape index (κ3) is 3.92. The van der Waals surface area contributed by atoms with Crippen molar-refractivity contribution in [1.29, 1.82) is 5.41 Å². The van der Waals surface area contributed by atoms with Gasteiger partial charge in [-0.25, -0.2) is 4.79 Å². The summed E-state index contributed by atoms with van der Waals surface area (Å²) in [6.45, 7) is 1.92. The molecule has 0 radical (unpaired) electrons. The number of nitrogens with zero attached hydrogens (tertiary/aromatic N) is 1. The van der Waals surface area contributed by atoms with Gasteiger partial charge in [-0.2, -0.15) is 0 Å². The second-order valence-corrected chi connectivity index (χ2v) is 7.51. The first-order valence-corrected chi connectivity index (χ1v) is 9.26. The van der Waals surface area contributed by atoms with Gasteiger partial charge < -0.3 is 25.6 Å². The van der Waals surface area contributed by atoms with E-state index in [2.05, 4.69) is 27.3 Å². The number of halogens is 1. The molecule has 0 spiro atoms. The Bertz CT molecular complexity index is 722. The van der Waals surface area contributed by atoms with E-state index in [1.165, 1.54) is 12.4 Å². The normalized spacial score (nSPS) is 18.1. The van der Waals surface area contributed by atoms with Gasteiger partial charge in [-0.15, -0.1) is 0 Å². The molecule has 2 heterocycles. The van der Waals surface area contributed by atoms with E-state index in [9.17, 15) is 9.90 Å².